The number of nitrogens with one attached hydrogen (secondary N) is 1. The molecule has 1 aliphatic heterocycles. The van der Waals surface area contributed by atoms with Crippen molar-refractivity contribution in [1.82, 2.24) is 10.2 Å². The SMILES string of the molecule is CCC1(C)NC(=O)CN(CCOC(C)C)C1=O. The fourth-order valence-electron chi connectivity index (χ4n) is 1.81. The van der Waals surface area contributed by atoms with Crippen molar-refractivity contribution >= 4 is 11.8 Å². The van der Waals surface area contributed by atoms with Crippen LogP contribution < -0.4 is 5.32 Å². The highest BCUT2D eigenvalue weighted by molar-refractivity contribution is 5.97. The van der Waals surface area contributed by atoms with Crippen LogP contribution in [0.1, 0.15) is 34.1 Å². The zero-order chi connectivity index (χ0) is 13.1. The molecule has 1 saturated heterocycles. The number of carbonyl (C=O) groups is 2. The summed E-state index contributed by atoms with van der Waals surface area (Å²) in [6, 6.07) is 0. The lowest BCUT2D eigenvalue weighted by molar-refractivity contribution is -0.150. The third-order valence-electron chi connectivity index (χ3n) is 3.03. The summed E-state index contributed by atoms with van der Waals surface area (Å²) in [5.74, 6) is -0.120. The molecule has 0 aliphatic carbocycles. The third kappa shape index (κ3) is 3.43. The van der Waals surface area contributed by atoms with E-state index >= 15 is 0 Å². The van der Waals surface area contributed by atoms with Crippen molar-refractivity contribution < 1.29 is 14.3 Å². The van der Waals surface area contributed by atoms with E-state index in [-0.39, 0.29) is 24.5 Å². The molecule has 0 saturated carbocycles. The Morgan fingerprint density at radius 3 is 2.65 bits per heavy atom. The predicted molar refractivity (Wildman–Crippen MR) is 64.5 cm³/mol. The number of nitrogens with zero attached hydrogens (tertiary/aromatic N) is 1. The molecule has 0 aromatic carbocycles. The van der Waals surface area contributed by atoms with Gasteiger partial charge >= 0.3 is 0 Å². The molecule has 17 heavy (non-hydrogen) atoms. The first-order valence-corrected chi connectivity index (χ1v) is 6.11. The maximum atomic E-state index is 12.2. The summed E-state index contributed by atoms with van der Waals surface area (Å²) in [5.41, 5.74) is -0.757. The lowest BCUT2D eigenvalue weighted by atomic mass is 9.94. The second kappa shape index (κ2) is 5.49. The minimum atomic E-state index is -0.757. The van der Waals surface area contributed by atoms with Crippen LogP contribution >= 0.6 is 0 Å². The Morgan fingerprint density at radius 2 is 2.12 bits per heavy atom. The molecule has 1 aliphatic rings. The number of ether oxygens (including phenoxy) is 1. The highest BCUT2D eigenvalue weighted by atomic mass is 16.5. The molecular weight excluding hydrogens is 220 g/mol. The minimum absolute atomic E-state index is 0.0213. The summed E-state index contributed by atoms with van der Waals surface area (Å²) in [4.78, 5) is 25.3. The molecule has 1 fully saturated rings. The second-order valence-electron chi connectivity index (χ2n) is 4.88. The van der Waals surface area contributed by atoms with Crippen LogP contribution in [0.3, 0.4) is 0 Å². The number of carbonyl (C=O) groups excluding carboxylic acids is 2. The number of hydrogen-bond acceptors (Lipinski definition) is 3. The van der Waals surface area contributed by atoms with E-state index in [0.29, 0.717) is 19.6 Å². The van der Waals surface area contributed by atoms with E-state index in [1.807, 2.05) is 20.8 Å². The summed E-state index contributed by atoms with van der Waals surface area (Å²) in [5, 5.41) is 2.75. The van der Waals surface area contributed by atoms with Gasteiger partial charge in [-0.05, 0) is 27.2 Å². The van der Waals surface area contributed by atoms with Crippen LogP contribution in [0.2, 0.25) is 0 Å². The molecule has 0 radical (unpaired) electrons. The summed E-state index contributed by atoms with van der Waals surface area (Å²) in [7, 11) is 0. The Labute approximate surface area is 102 Å². The molecule has 0 aromatic heterocycles. The van der Waals surface area contributed by atoms with E-state index in [1.54, 1.807) is 11.8 Å². The quantitative estimate of drug-likeness (QED) is 0.765. The van der Waals surface area contributed by atoms with Crippen LogP contribution in [0.15, 0.2) is 0 Å². The molecule has 98 valence electrons. The van der Waals surface area contributed by atoms with E-state index in [2.05, 4.69) is 5.32 Å². The van der Waals surface area contributed by atoms with Gasteiger partial charge in [-0.3, -0.25) is 9.59 Å². The van der Waals surface area contributed by atoms with Gasteiger partial charge in [0, 0.05) is 6.54 Å². The Kier molecular flexibility index (Phi) is 4.51. The van der Waals surface area contributed by atoms with Gasteiger partial charge in [-0.25, -0.2) is 0 Å². The molecule has 2 amide bonds. The van der Waals surface area contributed by atoms with Gasteiger partial charge in [-0.1, -0.05) is 6.92 Å². The Balaban J connectivity index is 2.59. The first kappa shape index (κ1) is 14.0. The average molecular weight is 242 g/mol. The summed E-state index contributed by atoms with van der Waals surface area (Å²) in [6.07, 6.45) is 0.736. The van der Waals surface area contributed by atoms with Gasteiger partial charge < -0.3 is 15.0 Å². The van der Waals surface area contributed by atoms with Gasteiger partial charge in [0.1, 0.15) is 5.54 Å². The Hall–Kier alpha value is -1.10. The molecule has 0 aromatic rings. The average Bonchev–Trinajstić information content (AvgIpc) is 2.24. The van der Waals surface area contributed by atoms with Crippen LogP contribution in [0.5, 0.6) is 0 Å². The van der Waals surface area contributed by atoms with Crippen LogP contribution in [-0.2, 0) is 14.3 Å². The zero-order valence-electron chi connectivity index (χ0n) is 11.1. The first-order chi connectivity index (χ1) is 7.89. The van der Waals surface area contributed by atoms with Gasteiger partial charge in [-0.2, -0.15) is 0 Å². The second-order valence-corrected chi connectivity index (χ2v) is 4.88. The van der Waals surface area contributed by atoms with Gasteiger partial charge in [0.25, 0.3) is 0 Å². The largest absolute Gasteiger partial charge is 0.377 e. The highest BCUT2D eigenvalue weighted by Gasteiger charge is 2.41. The van der Waals surface area contributed by atoms with Gasteiger partial charge in [0.15, 0.2) is 0 Å². The van der Waals surface area contributed by atoms with Crippen molar-refractivity contribution in [2.24, 2.45) is 0 Å². The molecule has 1 unspecified atom stereocenters. The van der Waals surface area contributed by atoms with Crippen LogP contribution in [0.25, 0.3) is 0 Å². The molecule has 1 atom stereocenters. The van der Waals surface area contributed by atoms with Crippen LogP contribution in [0.4, 0.5) is 0 Å². The molecule has 1 heterocycles. The van der Waals surface area contributed by atoms with Crippen LogP contribution in [-0.4, -0.2) is 48.1 Å². The third-order valence-corrected chi connectivity index (χ3v) is 3.03. The lowest BCUT2D eigenvalue weighted by Gasteiger charge is -2.39. The number of hydrogen-bond donors (Lipinski definition) is 1. The number of amides is 2. The van der Waals surface area contributed by atoms with Crippen LogP contribution in [0, 0.1) is 0 Å². The van der Waals surface area contributed by atoms with E-state index in [0.717, 1.165) is 0 Å². The monoisotopic (exact) mass is 242 g/mol. The summed E-state index contributed by atoms with van der Waals surface area (Å²) >= 11 is 0. The van der Waals surface area contributed by atoms with E-state index in [1.165, 1.54) is 0 Å². The molecule has 5 heteroatoms. The van der Waals surface area contributed by atoms with Crippen molar-refractivity contribution in [1.29, 1.82) is 0 Å². The Morgan fingerprint density at radius 1 is 1.47 bits per heavy atom. The van der Waals surface area contributed by atoms with Crippen molar-refractivity contribution in [3.63, 3.8) is 0 Å². The normalized spacial score (nSPS) is 25.4. The van der Waals surface area contributed by atoms with Gasteiger partial charge in [0.05, 0.1) is 19.3 Å². The lowest BCUT2D eigenvalue weighted by Crippen LogP contribution is -2.65. The summed E-state index contributed by atoms with van der Waals surface area (Å²) < 4.78 is 5.40. The Bertz CT molecular complexity index is 304. The zero-order valence-corrected chi connectivity index (χ0v) is 11.1. The van der Waals surface area contributed by atoms with E-state index < -0.39 is 5.54 Å². The number of rotatable bonds is 5. The molecule has 5 nitrogen and oxygen atoms in total. The number of piperazine rings is 1. The molecule has 0 bridgehead atoms. The molecule has 1 N–H and O–H groups in total. The molecular formula is C12H22N2O3. The van der Waals surface area contributed by atoms with Crippen molar-refractivity contribution in [3.8, 4) is 0 Å². The van der Waals surface area contributed by atoms with Crippen molar-refractivity contribution in [2.45, 2.75) is 45.8 Å². The molecule has 1 rings (SSSR count). The maximum absolute atomic E-state index is 12.2. The first-order valence-electron chi connectivity index (χ1n) is 6.11. The minimum Gasteiger partial charge on any atom is -0.377 e. The fourth-order valence-corrected chi connectivity index (χ4v) is 1.81. The maximum Gasteiger partial charge on any atom is 0.248 e. The standard InChI is InChI=1S/C12H22N2O3/c1-5-12(4)11(16)14(8-10(15)13-12)6-7-17-9(2)3/h9H,5-8H2,1-4H3,(H,13,15). The fraction of sp³-hybridized carbons (Fsp3) is 0.833. The van der Waals surface area contributed by atoms with E-state index in [9.17, 15) is 9.59 Å². The highest BCUT2D eigenvalue weighted by Crippen LogP contribution is 2.17. The van der Waals surface area contributed by atoms with Crippen molar-refractivity contribution in [2.75, 3.05) is 19.7 Å². The predicted octanol–water partition coefficient (Wildman–Crippen LogP) is 0.538. The smallest absolute Gasteiger partial charge is 0.248 e. The van der Waals surface area contributed by atoms with Gasteiger partial charge in [0.2, 0.25) is 11.8 Å². The van der Waals surface area contributed by atoms with Crippen molar-refractivity contribution in [3.05, 3.63) is 0 Å². The van der Waals surface area contributed by atoms with E-state index in [4.69, 9.17) is 4.74 Å². The molecule has 0 spiro atoms. The summed E-state index contributed by atoms with van der Waals surface area (Å²) in [6.45, 7) is 8.63. The topological polar surface area (TPSA) is 58.6 Å². The van der Waals surface area contributed by atoms with Gasteiger partial charge in [-0.15, -0.1) is 0 Å².